The van der Waals surface area contributed by atoms with Crippen molar-refractivity contribution in [3.63, 3.8) is 0 Å². The van der Waals surface area contributed by atoms with Gasteiger partial charge in [-0.3, -0.25) is 4.98 Å². The van der Waals surface area contributed by atoms with Gasteiger partial charge in [0.25, 0.3) is 0 Å². The highest BCUT2D eigenvalue weighted by atomic mass is 16.5. The van der Waals surface area contributed by atoms with E-state index >= 15 is 0 Å². The zero-order valence-corrected chi connectivity index (χ0v) is 14.4. The van der Waals surface area contributed by atoms with Crippen molar-refractivity contribution in [1.29, 1.82) is 0 Å². The molecule has 4 heteroatoms. The Bertz CT molecular complexity index is 625. The van der Waals surface area contributed by atoms with Crippen molar-refractivity contribution in [3.8, 4) is 5.75 Å². The van der Waals surface area contributed by atoms with E-state index in [2.05, 4.69) is 36.3 Å². The van der Waals surface area contributed by atoms with E-state index in [1.54, 1.807) is 0 Å². The molecular formula is C20H26N2O2. The van der Waals surface area contributed by atoms with Crippen LogP contribution in [0.5, 0.6) is 5.75 Å². The fraction of sp³-hybridized carbons (Fsp3) is 0.450. The summed E-state index contributed by atoms with van der Waals surface area (Å²) in [6.07, 6.45) is 2.59. The number of benzene rings is 1. The minimum absolute atomic E-state index is 0.00624. The van der Waals surface area contributed by atoms with E-state index in [0.29, 0.717) is 12.5 Å². The number of ether oxygens (including phenoxy) is 2. The van der Waals surface area contributed by atoms with Crippen molar-refractivity contribution < 1.29 is 9.47 Å². The first kappa shape index (κ1) is 16.9. The van der Waals surface area contributed by atoms with Crippen LogP contribution in [-0.4, -0.2) is 30.8 Å². The molecule has 1 N–H and O–H groups in total. The SMILES string of the molecule is CC(C)Cc1ncccc1OC(c1ccccc1)C1CNCCO1. The monoisotopic (exact) mass is 326 g/mol. The maximum atomic E-state index is 6.44. The molecule has 1 aromatic heterocycles. The van der Waals surface area contributed by atoms with Crippen molar-refractivity contribution in [1.82, 2.24) is 10.3 Å². The summed E-state index contributed by atoms with van der Waals surface area (Å²) < 4.78 is 12.4. The maximum Gasteiger partial charge on any atom is 0.151 e. The van der Waals surface area contributed by atoms with Crippen molar-refractivity contribution in [2.75, 3.05) is 19.7 Å². The van der Waals surface area contributed by atoms with Gasteiger partial charge < -0.3 is 14.8 Å². The van der Waals surface area contributed by atoms with Crippen molar-refractivity contribution in [2.24, 2.45) is 5.92 Å². The molecular weight excluding hydrogens is 300 g/mol. The van der Waals surface area contributed by atoms with E-state index in [1.807, 2.05) is 36.5 Å². The molecule has 1 fully saturated rings. The van der Waals surface area contributed by atoms with Crippen LogP contribution in [0, 0.1) is 5.92 Å². The van der Waals surface area contributed by atoms with Gasteiger partial charge in [-0.1, -0.05) is 44.2 Å². The summed E-state index contributed by atoms with van der Waals surface area (Å²) in [5.74, 6) is 1.39. The molecule has 1 aliphatic heterocycles. The van der Waals surface area contributed by atoms with Gasteiger partial charge in [0.15, 0.2) is 6.10 Å². The molecule has 1 aromatic carbocycles. The second-order valence-corrected chi connectivity index (χ2v) is 6.61. The van der Waals surface area contributed by atoms with Gasteiger partial charge in [0.2, 0.25) is 0 Å². The molecule has 0 aliphatic carbocycles. The Balaban J connectivity index is 1.87. The number of morpholine rings is 1. The van der Waals surface area contributed by atoms with Crippen LogP contribution >= 0.6 is 0 Å². The van der Waals surface area contributed by atoms with Gasteiger partial charge in [0, 0.05) is 19.3 Å². The normalized spacial score (nSPS) is 19.2. The summed E-state index contributed by atoms with van der Waals surface area (Å²) in [7, 11) is 0. The zero-order chi connectivity index (χ0) is 16.8. The first-order valence-electron chi connectivity index (χ1n) is 8.72. The molecule has 128 valence electrons. The van der Waals surface area contributed by atoms with Crippen LogP contribution in [0.4, 0.5) is 0 Å². The lowest BCUT2D eigenvalue weighted by atomic mass is 10.0. The molecule has 0 amide bonds. The van der Waals surface area contributed by atoms with Crippen molar-refractivity contribution in [3.05, 3.63) is 59.9 Å². The van der Waals surface area contributed by atoms with Crippen LogP contribution in [0.1, 0.15) is 31.2 Å². The average molecular weight is 326 g/mol. The average Bonchev–Trinajstić information content (AvgIpc) is 2.62. The molecule has 0 bridgehead atoms. The zero-order valence-electron chi connectivity index (χ0n) is 14.4. The Morgan fingerprint density at radius 2 is 2.04 bits per heavy atom. The molecule has 2 heterocycles. The van der Waals surface area contributed by atoms with E-state index < -0.39 is 0 Å². The lowest BCUT2D eigenvalue weighted by Gasteiger charge is -2.32. The molecule has 3 rings (SSSR count). The van der Waals surface area contributed by atoms with Crippen LogP contribution in [-0.2, 0) is 11.2 Å². The first-order valence-corrected chi connectivity index (χ1v) is 8.72. The third-order valence-corrected chi connectivity index (χ3v) is 4.13. The topological polar surface area (TPSA) is 43.4 Å². The van der Waals surface area contributed by atoms with Gasteiger partial charge in [-0.25, -0.2) is 0 Å². The molecule has 2 aromatic rings. The van der Waals surface area contributed by atoms with Crippen LogP contribution in [0.3, 0.4) is 0 Å². The lowest BCUT2D eigenvalue weighted by molar-refractivity contribution is -0.0436. The summed E-state index contributed by atoms with van der Waals surface area (Å²) in [5.41, 5.74) is 2.14. The van der Waals surface area contributed by atoms with Gasteiger partial charge in [0.1, 0.15) is 11.9 Å². The lowest BCUT2D eigenvalue weighted by Crippen LogP contribution is -2.43. The third kappa shape index (κ3) is 4.34. The number of rotatable bonds is 6. The standard InChI is InChI=1S/C20H26N2O2/c1-15(2)13-17-18(9-6-10-22-17)24-20(16-7-4-3-5-8-16)19-14-21-11-12-23-19/h3-10,15,19-21H,11-14H2,1-2H3. The Morgan fingerprint density at radius 1 is 1.21 bits per heavy atom. The van der Waals surface area contributed by atoms with Crippen LogP contribution in [0.15, 0.2) is 48.7 Å². The maximum absolute atomic E-state index is 6.44. The molecule has 0 saturated carbocycles. The number of nitrogens with one attached hydrogen (secondary N) is 1. The molecule has 1 aliphatic rings. The summed E-state index contributed by atoms with van der Waals surface area (Å²) in [6.45, 7) is 6.79. The summed E-state index contributed by atoms with van der Waals surface area (Å²) >= 11 is 0. The van der Waals surface area contributed by atoms with E-state index in [0.717, 1.165) is 36.5 Å². The van der Waals surface area contributed by atoms with Crippen LogP contribution in [0.25, 0.3) is 0 Å². The Kier molecular flexibility index (Phi) is 5.83. The minimum Gasteiger partial charge on any atom is -0.481 e. The number of hydrogen-bond donors (Lipinski definition) is 1. The van der Waals surface area contributed by atoms with Crippen LogP contribution in [0.2, 0.25) is 0 Å². The second-order valence-electron chi connectivity index (χ2n) is 6.61. The van der Waals surface area contributed by atoms with Gasteiger partial charge in [-0.15, -0.1) is 0 Å². The summed E-state index contributed by atoms with van der Waals surface area (Å²) in [6, 6.07) is 14.2. The molecule has 0 spiro atoms. The van der Waals surface area contributed by atoms with Gasteiger partial charge in [0.05, 0.1) is 12.3 Å². The largest absolute Gasteiger partial charge is 0.481 e. The molecule has 1 saturated heterocycles. The number of aromatic nitrogens is 1. The molecule has 2 atom stereocenters. The van der Waals surface area contributed by atoms with E-state index in [4.69, 9.17) is 9.47 Å². The van der Waals surface area contributed by atoms with Crippen molar-refractivity contribution in [2.45, 2.75) is 32.5 Å². The molecule has 24 heavy (non-hydrogen) atoms. The Hall–Kier alpha value is -1.91. The highest BCUT2D eigenvalue weighted by molar-refractivity contribution is 5.29. The smallest absolute Gasteiger partial charge is 0.151 e. The highest BCUT2D eigenvalue weighted by Gasteiger charge is 2.28. The highest BCUT2D eigenvalue weighted by Crippen LogP contribution is 2.29. The summed E-state index contributed by atoms with van der Waals surface area (Å²) in [5, 5.41) is 3.40. The first-order chi connectivity index (χ1) is 11.7. The predicted molar refractivity (Wildman–Crippen MR) is 95.2 cm³/mol. The van der Waals surface area contributed by atoms with Gasteiger partial charge in [-0.2, -0.15) is 0 Å². The Morgan fingerprint density at radius 3 is 2.75 bits per heavy atom. The Labute approximate surface area is 144 Å². The second kappa shape index (κ2) is 8.27. The van der Waals surface area contributed by atoms with E-state index in [9.17, 15) is 0 Å². The van der Waals surface area contributed by atoms with Crippen LogP contribution < -0.4 is 10.1 Å². The van der Waals surface area contributed by atoms with Gasteiger partial charge >= 0.3 is 0 Å². The summed E-state index contributed by atoms with van der Waals surface area (Å²) in [4.78, 5) is 4.53. The molecule has 4 nitrogen and oxygen atoms in total. The third-order valence-electron chi connectivity index (χ3n) is 4.13. The van der Waals surface area contributed by atoms with Crippen molar-refractivity contribution >= 4 is 0 Å². The predicted octanol–water partition coefficient (Wildman–Crippen LogP) is 3.39. The molecule has 2 unspecified atom stereocenters. The van der Waals surface area contributed by atoms with E-state index in [1.165, 1.54) is 0 Å². The fourth-order valence-corrected chi connectivity index (χ4v) is 2.99. The van der Waals surface area contributed by atoms with Gasteiger partial charge in [-0.05, 0) is 30.0 Å². The minimum atomic E-state index is -0.144. The number of nitrogens with zero attached hydrogens (tertiary/aromatic N) is 1. The quantitative estimate of drug-likeness (QED) is 0.884. The number of hydrogen-bond acceptors (Lipinski definition) is 4. The fourth-order valence-electron chi connectivity index (χ4n) is 2.99. The number of pyridine rings is 1. The molecule has 0 radical (unpaired) electrons. The van der Waals surface area contributed by atoms with E-state index in [-0.39, 0.29) is 12.2 Å².